The predicted octanol–water partition coefficient (Wildman–Crippen LogP) is 3.40. The van der Waals surface area contributed by atoms with E-state index in [1.54, 1.807) is 20.1 Å². The lowest BCUT2D eigenvalue weighted by Gasteiger charge is -2.35. The van der Waals surface area contributed by atoms with Crippen molar-refractivity contribution in [1.29, 1.82) is 0 Å². The highest BCUT2D eigenvalue weighted by atomic mass is 16.6. The Balaban J connectivity index is 2.43. The minimum absolute atomic E-state index is 0.0638. The van der Waals surface area contributed by atoms with Gasteiger partial charge in [-0.1, -0.05) is 25.5 Å². The summed E-state index contributed by atoms with van der Waals surface area (Å²) in [4.78, 5) is 23.4. The summed E-state index contributed by atoms with van der Waals surface area (Å²) in [6.07, 6.45) is 5.36. The quantitative estimate of drug-likeness (QED) is 0.724. The first-order valence-electron chi connectivity index (χ1n) is 7.58. The number of hydrogen-bond acceptors (Lipinski definition) is 4. The third-order valence-corrected chi connectivity index (χ3v) is 4.06. The average Bonchev–Trinajstić information content (AvgIpc) is 2.90. The molecule has 0 fully saturated rings. The van der Waals surface area contributed by atoms with E-state index in [1.165, 1.54) is 6.08 Å². The van der Waals surface area contributed by atoms with Gasteiger partial charge in [0.25, 0.3) is 0 Å². The SMILES string of the molecule is CCC[C@H](CC(C)=O)[C@]1(c2ccc(OC)cc2)C=CC(=O)O1. The van der Waals surface area contributed by atoms with Crippen molar-refractivity contribution in [3.63, 3.8) is 0 Å². The summed E-state index contributed by atoms with van der Waals surface area (Å²) < 4.78 is 10.9. The van der Waals surface area contributed by atoms with Crippen LogP contribution in [-0.4, -0.2) is 18.9 Å². The maximum Gasteiger partial charge on any atom is 0.331 e. The lowest BCUT2D eigenvalue weighted by molar-refractivity contribution is -0.152. The van der Waals surface area contributed by atoms with Gasteiger partial charge in [-0.25, -0.2) is 4.79 Å². The van der Waals surface area contributed by atoms with Gasteiger partial charge in [0.1, 0.15) is 11.5 Å². The van der Waals surface area contributed by atoms with Crippen molar-refractivity contribution < 1.29 is 19.1 Å². The van der Waals surface area contributed by atoms with Gasteiger partial charge in [0.05, 0.1) is 7.11 Å². The first-order chi connectivity index (χ1) is 10.5. The molecule has 1 heterocycles. The van der Waals surface area contributed by atoms with Gasteiger partial charge in [0, 0.05) is 24.0 Å². The number of ether oxygens (including phenoxy) is 2. The highest BCUT2D eigenvalue weighted by molar-refractivity contribution is 5.86. The van der Waals surface area contributed by atoms with E-state index < -0.39 is 5.60 Å². The molecule has 0 saturated carbocycles. The van der Waals surface area contributed by atoms with Crippen molar-refractivity contribution in [2.24, 2.45) is 5.92 Å². The van der Waals surface area contributed by atoms with Crippen LogP contribution in [0.1, 0.15) is 38.7 Å². The van der Waals surface area contributed by atoms with Gasteiger partial charge >= 0.3 is 5.97 Å². The standard InChI is InChI=1S/C18H22O4/c1-4-5-15(12-13(2)19)18(11-10-17(20)22-18)14-6-8-16(21-3)9-7-14/h6-11,15H,4-5,12H2,1-3H3/t15-,18-/m1/s1. The minimum Gasteiger partial charge on any atom is -0.497 e. The molecule has 1 aromatic carbocycles. The van der Waals surface area contributed by atoms with E-state index in [-0.39, 0.29) is 17.7 Å². The first-order valence-corrected chi connectivity index (χ1v) is 7.58. The summed E-state index contributed by atoms with van der Waals surface area (Å²) in [6, 6.07) is 7.47. The Kier molecular flexibility index (Phi) is 5.01. The smallest absolute Gasteiger partial charge is 0.331 e. The molecule has 1 aromatic rings. The predicted molar refractivity (Wildman–Crippen MR) is 83.6 cm³/mol. The van der Waals surface area contributed by atoms with Gasteiger partial charge in [0.2, 0.25) is 0 Å². The second-order valence-electron chi connectivity index (χ2n) is 5.67. The average molecular weight is 302 g/mol. The zero-order chi connectivity index (χ0) is 16.2. The number of ketones is 1. The number of carbonyl (C=O) groups is 2. The second-order valence-corrected chi connectivity index (χ2v) is 5.67. The van der Waals surface area contributed by atoms with Crippen molar-refractivity contribution in [3.8, 4) is 5.75 Å². The molecule has 1 aliphatic rings. The molecular weight excluding hydrogens is 280 g/mol. The Morgan fingerprint density at radius 2 is 2.00 bits per heavy atom. The number of rotatable bonds is 7. The number of carbonyl (C=O) groups excluding carboxylic acids is 2. The molecule has 0 radical (unpaired) electrons. The van der Waals surface area contributed by atoms with E-state index in [0.717, 1.165) is 24.2 Å². The topological polar surface area (TPSA) is 52.6 Å². The van der Waals surface area contributed by atoms with Crippen LogP contribution in [0, 0.1) is 5.92 Å². The van der Waals surface area contributed by atoms with E-state index in [4.69, 9.17) is 9.47 Å². The molecule has 0 unspecified atom stereocenters. The van der Waals surface area contributed by atoms with Crippen LogP contribution < -0.4 is 4.74 Å². The molecule has 0 spiro atoms. The highest BCUT2D eigenvalue weighted by Crippen LogP contribution is 2.43. The van der Waals surface area contributed by atoms with Crippen LogP contribution in [0.15, 0.2) is 36.4 Å². The zero-order valence-corrected chi connectivity index (χ0v) is 13.3. The number of esters is 1. The molecule has 2 rings (SSSR count). The Hall–Kier alpha value is -2.10. The lowest BCUT2D eigenvalue weighted by atomic mass is 9.76. The van der Waals surface area contributed by atoms with Gasteiger partial charge in [0.15, 0.2) is 5.60 Å². The van der Waals surface area contributed by atoms with E-state index >= 15 is 0 Å². The molecular formula is C18H22O4. The summed E-state index contributed by atoms with van der Waals surface area (Å²) in [5, 5.41) is 0. The number of hydrogen-bond donors (Lipinski definition) is 0. The summed E-state index contributed by atoms with van der Waals surface area (Å²) >= 11 is 0. The Morgan fingerprint density at radius 3 is 2.45 bits per heavy atom. The molecule has 0 bridgehead atoms. The molecule has 22 heavy (non-hydrogen) atoms. The van der Waals surface area contributed by atoms with Gasteiger partial charge < -0.3 is 14.3 Å². The van der Waals surface area contributed by atoms with Crippen LogP contribution in [0.25, 0.3) is 0 Å². The maximum atomic E-state index is 11.7. The summed E-state index contributed by atoms with van der Waals surface area (Å²) in [5.41, 5.74) is 0.0143. The molecule has 1 aliphatic heterocycles. The maximum absolute atomic E-state index is 11.7. The van der Waals surface area contributed by atoms with E-state index in [0.29, 0.717) is 6.42 Å². The normalized spacial score (nSPS) is 21.5. The number of benzene rings is 1. The second kappa shape index (κ2) is 6.77. The van der Waals surface area contributed by atoms with Gasteiger partial charge in [-0.2, -0.15) is 0 Å². The molecule has 2 atom stereocenters. The molecule has 0 saturated heterocycles. The van der Waals surface area contributed by atoms with Crippen molar-refractivity contribution in [1.82, 2.24) is 0 Å². The Labute approximate surface area is 131 Å². The highest BCUT2D eigenvalue weighted by Gasteiger charge is 2.44. The fraction of sp³-hybridized carbons (Fsp3) is 0.444. The Bertz CT molecular complexity index is 573. The molecule has 4 nitrogen and oxygen atoms in total. The lowest BCUT2D eigenvalue weighted by Crippen LogP contribution is -2.36. The summed E-state index contributed by atoms with van der Waals surface area (Å²) in [6.45, 7) is 3.64. The Morgan fingerprint density at radius 1 is 1.32 bits per heavy atom. The molecule has 0 aliphatic carbocycles. The zero-order valence-electron chi connectivity index (χ0n) is 13.3. The third-order valence-electron chi connectivity index (χ3n) is 4.06. The van der Waals surface area contributed by atoms with Crippen molar-refractivity contribution >= 4 is 11.8 Å². The third kappa shape index (κ3) is 3.21. The minimum atomic E-state index is -0.856. The molecule has 4 heteroatoms. The first kappa shape index (κ1) is 16.3. The van der Waals surface area contributed by atoms with E-state index in [1.807, 2.05) is 24.3 Å². The fourth-order valence-electron chi connectivity index (χ4n) is 3.05. The van der Waals surface area contributed by atoms with Gasteiger partial charge in [-0.3, -0.25) is 0 Å². The number of cyclic esters (lactones) is 1. The van der Waals surface area contributed by atoms with E-state index in [2.05, 4.69) is 6.92 Å². The van der Waals surface area contributed by atoms with Gasteiger partial charge in [-0.15, -0.1) is 0 Å². The van der Waals surface area contributed by atoms with Gasteiger partial charge in [-0.05, 0) is 31.6 Å². The van der Waals surface area contributed by atoms with Crippen LogP contribution in [0.4, 0.5) is 0 Å². The number of Topliss-reactive ketones (excluding diaryl/α,β-unsaturated/α-hetero) is 1. The van der Waals surface area contributed by atoms with Crippen LogP contribution in [0.2, 0.25) is 0 Å². The molecule has 0 N–H and O–H groups in total. The monoisotopic (exact) mass is 302 g/mol. The fourth-order valence-corrected chi connectivity index (χ4v) is 3.05. The molecule has 0 aromatic heterocycles. The van der Waals surface area contributed by atoms with Crippen molar-refractivity contribution in [3.05, 3.63) is 42.0 Å². The number of methoxy groups -OCH3 is 1. The van der Waals surface area contributed by atoms with Crippen molar-refractivity contribution in [2.45, 2.75) is 38.7 Å². The molecule has 118 valence electrons. The largest absolute Gasteiger partial charge is 0.497 e. The van der Waals surface area contributed by atoms with Crippen LogP contribution in [-0.2, 0) is 19.9 Å². The van der Waals surface area contributed by atoms with Crippen LogP contribution in [0.3, 0.4) is 0 Å². The molecule has 0 amide bonds. The summed E-state index contributed by atoms with van der Waals surface area (Å²) in [7, 11) is 1.61. The van der Waals surface area contributed by atoms with Crippen molar-refractivity contribution in [2.75, 3.05) is 7.11 Å². The summed E-state index contributed by atoms with van der Waals surface area (Å²) in [5.74, 6) is 0.417. The van der Waals surface area contributed by atoms with E-state index in [9.17, 15) is 9.59 Å². The van der Waals surface area contributed by atoms with Crippen LogP contribution >= 0.6 is 0 Å². The van der Waals surface area contributed by atoms with Crippen LogP contribution in [0.5, 0.6) is 5.75 Å².